The Kier molecular flexibility index (Phi) is 8.35. The molecule has 0 saturated carbocycles. The van der Waals surface area contributed by atoms with E-state index in [1.807, 2.05) is 24.3 Å². The van der Waals surface area contributed by atoms with Gasteiger partial charge in [0.15, 0.2) is 0 Å². The fraction of sp³-hybridized carbons (Fsp3) is 0.647. The quantitative estimate of drug-likeness (QED) is 0.616. The summed E-state index contributed by atoms with van der Waals surface area (Å²) in [7, 11) is 1.69. The molecule has 4 nitrogen and oxygen atoms in total. The first-order valence-corrected chi connectivity index (χ1v) is 7.70. The van der Waals surface area contributed by atoms with E-state index in [2.05, 4.69) is 19.2 Å². The van der Waals surface area contributed by atoms with Gasteiger partial charge in [-0.05, 0) is 50.4 Å². The SMILES string of the molecule is CCCNC(C)(CO)CCCOc1cccc(COC)c1. The van der Waals surface area contributed by atoms with Crippen molar-refractivity contribution in [3.63, 3.8) is 0 Å². The van der Waals surface area contributed by atoms with Crippen LogP contribution in [0, 0.1) is 0 Å². The molecule has 0 spiro atoms. The van der Waals surface area contributed by atoms with Crippen LogP contribution in [0.15, 0.2) is 24.3 Å². The van der Waals surface area contributed by atoms with E-state index in [1.54, 1.807) is 7.11 Å². The first-order valence-electron chi connectivity index (χ1n) is 7.70. The van der Waals surface area contributed by atoms with Gasteiger partial charge in [0.05, 0.1) is 19.8 Å². The van der Waals surface area contributed by atoms with Crippen molar-refractivity contribution in [3.05, 3.63) is 29.8 Å². The van der Waals surface area contributed by atoms with Crippen molar-refractivity contribution in [2.24, 2.45) is 0 Å². The monoisotopic (exact) mass is 295 g/mol. The number of aliphatic hydroxyl groups excluding tert-OH is 1. The van der Waals surface area contributed by atoms with Crippen LogP contribution < -0.4 is 10.1 Å². The maximum absolute atomic E-state index is 9.51. The van der Waals surface area contributed by atoms with E-state index in [-0.39, 0.29) is 12.1 Å². The van der Waals surface area contributed by atoms with E-state index in [0.717, 1.165) is 37.1 Å². The fourth-order valence-electron chi connectivity index (χ4n) is 2.19. The third-order valence-electron chi connectivity index (χ3n) is 3.50. The van der Waals surface area contributed by atoms with Gasteiger partial charge in [-0.3, -0.25) is 0 Å². The predicted molar refractivity (Wildman–Crippen MR) is 85.7 cm³/mol. The molecule has 0 aliphatic rings. The highest BCUT2D eigenvalue weighted by Crippen LogP contribution is 2.16. The highest BCUT2D eigenvalue weighted by molar-refractivity contribution is 5.28. The highest BCUT2D eigenvalue weighted by atomic mass is 16.5. The van der Waals surface area contributed by atoms with E-state index in [0.29, 0.717) is 13.2 Å². The van der Waals surface area contributed by atoms with Crippen LogP contribution in [-0.2, 0) is 11.3 Å². The van der Waals surface area contributed by atoms with Gasteiger partial charge >= 0.3 is 0 Å². The molecule has 0 aliphatic carbocycles. The van der Waals surface area contributed by atoms with Crippen LogP contribution in [0.2, 0.25) is 0 Å². The van der Waals surface area contributed by atoms with Crippen LogP contribution in [-0.4, -0.2) is 37.5 Å². The molecule has 120 valence electrons. The average molecular weight is 295 g/mol. The van der Waals surface area contributed by atoms with Crippen LogP contribution in [0.4, 0.5) is 0 Å². The van der Waals surface area contributed by atoms with Crippen LogP contribution >= 0.6 is 0 Å². The lowest BCUT2D eigenvalue weighted by atomic mass is 9.97. The standard InChI is InChI=1S/C17H29NO3/c1-4-10-18-17(2,14-19)9-6-11-21-16-8-5-7-15(12-16)13-20-3/h5,7-8,12,18-19H,4,6,9-11,13-14H2,1-3H3. The van der Waals surface area contributed by atoms with Gasteiger partial charge in [-0.15, -0.1) is 0 Å². The van der Waals surface area contributed by atoms with Gasteiger partial charge in [-0.25, -0.2) is 0 Å². The van der Waals surface area contributed by atoms with Crippen LogP contribution in [0.1, 0.15) is 38.7 Å². The minimum atomic E-state index is -0.211. The Hall–Kier alpha value is -1.10. The number of benzene rings is 1. The summed E-state index contributed by atoms with van der Waals surface area (Å²) in [5.41, 5.74) is 0.900. The number of ether oxygens (including phenoxy) is 2. The second-order valence-corrected chi connectivity index (χ2v) is 5.68. The molecule has 1 unspecified atom stereocenters. The molecule has 0 saturated heterocycles. The van der Waals surface area contributed by atoms with Crippen molar-refractivity contribution in [1.82, 2.24) is 5.32 Å². The molecular weight excluding hydrogens is 266 g/mol. The van der Waals surface area contributed by atoms with E-state index in [9.17, 15) is 5.11 Å². The third-order valence-corrected chi connectivity index (χ3v) is 3.50. The van der Waals surface area contributed by atoms with Gasteiger partial charge in [0, 0.05) is 12.6 Å². The summed E-state index contributed by atoms with van der Waals surface area (Å²) in [5, 5.41) is 12.9. The molecule has 0 aliphatic heterocycles. The zero-order valence-corrected chi connectivity index (χ0v) is 13.5. The average Bonchev–Trinajstić information content (AvgIpc) is 2.50. The normalized spacial score (nSPS) is 13.9. The smallest absolute Gasteiger partial charge is 0.119 e. The van der Waals surface area contributed by atoms with Crippen molar-refractivity contribution in [3.8, 4) is 5.75 Å². The summed E-state index contributed by atoms with van der Waals surface area (Å²) in [6.45, 7) is 6.51. The predicted octanol–water partition coefficient (Wildman–Crippen LogP) is 2.74. The zero-order valence-electron chi connectivity index (χ0n) is 13.5. The van der Waals surface area contributed by atoms with Crippen molar-refractivity contribution in [1.29, 1.82) is 0 Å². The summed E-state index contributed by atoms with van der Waals surface area (Å²) >= 11 is 0. The summed E-state index contributed by atoms with van der Waals surface area (Å²) in [6.07, 6.45) is 2.86. The molecule has 4 heteroatoms. The van der Waals surface area contributed by atoms with E-state index in [4.69, 9.17) is 9.47 Å². The molecule has 0 amide bonds. The van der Waals surface area contributed by atoms with Gasteiger partial charge in [0.25, 0.3) is 0 Å². The maximum Gasteiger partial charge on any atom is 0.119 e. The van der Waals surface area contributed by atoms with Gasteiger partial charge in [0.2, 0.25) is 0 Å². The number of hydrogen-bond donors (Lipinski definition) is 2. The Morgan fingerprint density at radius 3 is 2.81 bits per heavy atom. The minimum Gasteiger partial charge on any atom is -0.494 e. The Morgan fingerprint density at radius 2 is 2.14 bits per heavy atom. The van der Waals surface area contributed by atoms with Gasteiger partial charge < -0.3 is 19.9 Å². The Labute approximate surface area is 128 Å². The molecule has 2 N–H and O–H groups in total. The molecule has 21 heavy (non-hydrogen) atoms. The molecular formula is C17H29NO3. The maximum atomic E-state index is 9.51. The summed E-state index contributed by atoms with van der Waals surface area (Å²) < 4.78 is 10.9. The number of hydrogen-bond acceptors (Lipinski definition) is 4. The summed E-state index contributed by atoms with van der Waals surface area (Å²) in [5.74, 6) is 0.872. The first kappa shape index (κ1) is 18.0. The van der Waals surface area contributed by atoms with Crippen LogP contribution in [0.25, 0.3) is 0 Å². The van der Waals surface area contributed by atoms with E-state index in [1.165, 1.54) is 0 Å². The largest absolute Gasteiger partial charge is 0.494 e. The van der Waals surface area contributed by atoms with Crippen LogP contribution in [0.3, 0.4) is 0 Å². The fourth-order valence-corrected chi connectivity index (χ4v) is 2.19. The lowest BCUT2D eigenvalue weighted by Crippen LogP contribution is -2.46. The summed E-state index contributed by atoms with van der Waals surface area (Å²) in [6, 6.07) is 7.96. The molecule has 1 rings (SSSR count). The van der Waals surface area contributed by atoms with E-state index >= 15 is 0 Å². The topological polar surface area (TPSA) is 50.7 Å². The third kappa shape index (κ3) is 6.93. The lowest BCUT2D eigenvalue weighted by Gasteiger charge is -2.28. The van der Waals surface area contributed by atoms with Crippen molar-refractivity contribution in [2.75, 3.05) is 26.9 Å². The van der Waals surface area contributed by atoms with Crippen LogP contribution in [0.5, 0.6) is 5.75 Å². The molecule has 0 radical (unpaired) electrons. The zero-order chi connectivity index (χ0) is 15.6. The Bertz CT molecular complexity index is 397. The number of rotatable bonds is 11. The molecule has 1 atom stereocenters. The molecule has 0 heterocycles. The van der Waals surface area contributed by atoms with Gasteiger partial charge in [-0.1, -0.05) is 19.1 Å². The first-order chi connectivity index (χ1) is 10.1. The van der Waals surface area contributed by atoms with Gasteiger partial charge in [-0.2, -0.15) is 0 Å². The molecule has 1 aromatic carbocycles. The number of methoxy groups -OCH3 is 1. The number of aliphatic hydroxyl groups is 1. The minimum absolute atomic E-state index is 0.149. The molecule has 1 aromatic rings. The van der Waals surface area contributed by atoms with Gasteiger partial charge in [0.1, 0.15) is 5.75 Å². The highest BCUT2D eigenvalue weighted by Gasteiger charge is 2.21. The van der Waals surface area contributed by atoms with Crippen molar-refractivity contribution < 1.29 is 14.6 Å². The lowest BCUT2D eigenvalue weighted by molar-refractivity contribution is 0.156. The van der Waals surface area contributed by atoms with E-state index < -0.39 is 0 Å². The summed E-state index contributed by atoms with van der Waals surface area (Å²) in [4.78, 5) is 0. The number of nitrogens with one attached hydrogen (secondary N) is 1. The molecule has 0 aromatic heterocycles. The second-order valence-electron chi connectivity index (χ2n) is 5.68. The second kappa shape index (κ2) is 9.77. The van der Waals surface area contributed by atoms with Crippen molar-refractivity contribution >= 4 is 0 Å². The Balaban J connectivity index is 2.34. The Morgan fingerprint density at radius 1 is 1.33 bits per heavy atom. The molecule has 0 bridgehead atoms. The molecule has 0 fully saturated rings. The van der Waals surface area contributed by atoms with Crippen molar-refractivity contribution in [2.45, 2.75) is 45.3 Å².